The zero-order valence-corrected chi connectivity index (χ0v) is 14.4. The summed E-state index contributed by atoms with van der Waals surface area (Å²) in [5.41, 5.74) is 9.68. The van der Waals surface area contributed by atoms with Crippen molar-refractivity contribution >= 4 is 45.9 Å². The number of nitrogen functional groups attached to an aromatic ring is 1. The van der Waals surface area contributed by atoms with Gasteiger partial charge in [-0.1, -0.05) is 17.7 Å². The quantitative estimate of drug-likeness (QED) is 0.636. The van der Waals surface area contributed by atoms with Crippen LogP contribution in [0.15, 0.2) is 30.3 Å². The number of hydrogen-bond acceptors (Lipinski definition) is 4. The third kappa shape index (κ3) is 3.00. The Balaban J connectivity index is 2.00. The number of H-pyrrole nitrogens is 1. The lowest BCUT2D eigenvalue weighted by molar-refractivity contribution is 0.102. The number of carbonyl (C=O) groups excluding carboxylic acids is 1. The molecular weight excluding hydrogens is 326 g/mol. The summed E-state index contributed by atoms with van der Waals surface area (Å²) in [5, 5.41) is 3.44. The molecule has 3 aromatic rings. The molecule has 6 nitrogen and oxygen atoms in total. The number of aromatic amines is 1. The number of amides is 1. The fourth-order valence-corrected chi connectivity index (χ4v) is 2.56. The van der Waals surface area contributed by atoms with Crippen molar-refractivity contribution in [2.45, 2.75) is 6.92 Å². The summed E-state index contributed by atoms with van der Waals surface area (Å²) in [6.07, 6.45) is 0. The molecule has 0 saturated heterocycles. The topological polar surface area (TPSA) is 87.0 Å². The van der Waals surface area contributed by atoms with Crippen LogP contribution in [0.2, 0.25) is 5.02 Å². The maximum atomic E-state index is 12.7. The van der Waals surface area contributed by atoms with Crippen LogP contribution < -0.4 is 16.0 Å². The maximum Gasteiger partial charge on any atom is 0.258 e. The number of nitrogens with zero attached hydrogens (tertiary/aromatic N) is 2. The molecule has 1 amide bonds. The molecule has 1 aromatic heterocycles. The Morgan fingerprint density at radius 2 is 2.04 bits per heavy atom. The molecule has 0 spiro atoms. The summed E-state index contributed by atoms with van der Waals surface area (Å²) in [5.74, 6) is 0.368. The van der Waals surface area contributed by atoms with Crippen molar-refractivity contribution in [3.63, 3.8) is 0 Å². The van der Waals surface area contributed by atoms with Crippen LogP contribution in [-0.4, -0.2) is 30.0 Å². The van der Waals surface area contributed by atoms with Gasteiger partial charge in [-0.3, -0.25) is 4.79 Å². The van der Waals surface area contributed by atoms with Gasteiger partial charge in [-0.05, 0) is 36.8 Å². The van der Waals surface area contributed by atoms with E-state index in [0.717, 1.165) is 5.56 Å². The fourth-order valence-electron chi connectivity index (χ4n) is 2.38. The molecule has 0 saturated carbocycles. The summed E-state index contributed by atoms with van der Waals surface area (Å²) in [7, 11) is 3.74. The van der Waals surface area contributed by atoms with Gasteiger partial charge in [-0.2, -0.15) is 0 Å². The van der Waals surface area contributed by atoms with Crippen LogP contribution in [0.25, 0.3) is 11.0 Å². The number of hydrogen-bond donors (Lipinski definition) is 3. The number of aryl methyl sites for hydroxylation is 1. The standard InChI is InChI=1S/C17H18ClN5O/c1-9-4-5-11(8-13(9)18)20-16(24)12-6-10(19)7-14-15(12)22-17(21-14)23(2)3/h4-8H,19H2,1-3H3,(H,20,24)(H,21,22). The average molecular weight is 344 g/mol. The number of nitrogens with two attached hydrogens (primary N) is 1. The van der Waals surface area contributed by atoms with Crippen LogP contribution in [-0.2, 0) is 0 Å². The Morgan fingerprint density at radius 3 is 2.71 bits per heavy atom. The second-order valence-corrected chi connectivity index (χ2v) is 6.24. The van der Waals surface area contributed by atoms with Crippen molar-refractivity contribution in [2.24, 2.45) is 0 Å². The van der Waals surface area contributed by atoms with Crippen molar-refractivity contribution in [3.05, 3.63) is 46.5 Å². The number of nitrogens with one attached hydrogen (secondary N) is 2. The summed E-state index contributed by atoms with van der Waals surface area (Å²) in [6, 6.07) is 8.75. The van der Waals surface area contributed by atoms with Crippen LogP contribution in [0.3, 0.4) is 0 Å². The number of aromatic nitrogens is 2. The molecular formula is C17H18ClN5O. The highest BCUT2D eigenvalue weighted by molar-refractivity contribution is 6.31. The summed E-state index contributed by atoms with van der Waals surface area (Å²) in [6.45, 7) is 1.90. The fraction of sp³-hybridized carbons (Fsp3) is 0.176. The molecule has 0 atom stereocenters. The molecule has 0 radical (unpaired) electrons. The number of rotatable bonds is 3. The highest BCUT2D eigenvalue weighted by Gasteiger charge is 2.16. The molecule has 3 rings (SSSR count). The van der Waals surface area contributed by atoms with Gasteiger partial charge < -0.3 is 20.9 Å². The summed E-state index contributed by atoms with van der Waals surface area (Å²) < 4.78 is 0. The molecule has 2 aromatic carbocycles. The molecule has 0 bridgehead atoms. The van der Waals surface area contributed by atoms with Crippen LogP contribution in [0, 0.1) is 6.92 Å². The van der Waals surface area contributed by atoms with Crippen molar-refractivity contribution in [2.75, 3.05) is 30.0 Å². The van der Waals surface area contributed by atoms with Crippen LogP contribution in [0.5, 0.6) is 0 Å². The smallest absolute Gasteiger partial charge is 0.258 e. The summed E-state index contributed by atoms with van der Waals surface area (Å²) in [4.78, 5) is 22.1. The van der Waals surface area contributed by atoms with Crippen molar-refractivity contribution in [1.82, 2.24) is 9.97 Å². The molecule has 4 N–H and O–H groups in total. The monoisotopic (exact) mass is 343 g/mol. The predicted octanol–water partition coefficient (Wildman–Crippen LogP) is 3.43. The average Bonchev–Trinajstić information content (AvgIpc) is 2.94. The Kier molecular flexibility index (Phi) is 4.07. The number of fused-ring (bicyclic) bond motifs is 1. The third-order valence-corrected chi connectivity index (χ3v) is 4.10. The van der Waals surface area contributed by atoms with Gasteiger partial charge in [0.15, 0.2) is 0 Å². The zero-order chi connectivity index (χ0) is 17.4. The molecule has 0 aliphatic carbocycles. The van der Waals surface area contributed by atoms with Gasteiger partial charge in [-0.25, -0.2) is 4.98 Å². The van der Waals surface area contributed by atoms with Crippen LogP contribution in [0.1, 0.15) is 15.9 Å². The van der Waals surface area contributed by atoms with Crippen LogP contribution >= 0.6 is 11.6 Å². The van der Waals surface area contributed by atoms with Crippen molar-refractivity contribution in [3.8, 4) is 0 Å². The lowest BCUT2D eigenvalue weighted by Crippen LogP contribution is -2.13. The third-order valence-electron chi connectivity index (χ3n) is 3.69. The van der Waals surface area contributed by atoms with E-state index < -0.39 is 0 Å². The lowest BCUT2D eigenvalue weighted by atomic mass is 10.1. The van der Waals surface area contributed by atoms with Gasteiger partial charge in [0.25, 0.3) is 5.91 Å². The van der Waals surface area contributed by atoms with E-state index in [1.807, 2.05) is 32.0 Å². The molecule has 7 heteroatoms. The Hall–Kier alpha value is -2.73. The highest BCUT2D eigenvalue weighted by atomic mass is 35.5. The largest absolute Gasteiger partial charge is 0.399 e. The molecule has 0 aliphatic heterocycles. The van der Waals surface area contributed by atoms with Gasteiger partial charge in [-0.15, -0.1) is 0 Å². The Bertz CT molecular complexity index is 932. The highest BCUT2D eigenvalue weighted by Crippen LogP contribution is 2.25. The van der Waals surface area contributed by atoms with Gasteiger partial charge in [0.05, 0.1) is 11.1 Å². The van der Waals surface area contributed by atoms with E-state index in [4.69, 9.17) is 17.3 Å². The zero-order valence-electron chi connectivity index (χ0n) is 13.6. The number of carbonyl (C=O) groups is 1. The SMILES string of the molecule is Cc1ccc(NC(=O)c2cc(N)cc3[nH]c(N(C)C)nc23)cc1Cl. The molecule has 0 fully saturated rings. The first-order valence-corrected chi connectivity index (χ1v) is 7.77. The first-order chi connectivity index (χ1) is 11.3. The van der Waals surface area contributed by atoms with E-state index in [9.17, 15) is 4.79 Å². The van der Waals surface area contributed by atoms with E-state index >= 15 is 0 Å². The Morgan fingerprint density at radius 1 is 1.29 bits per heavy atom. The van der Waals surface area contributed by atoms with Gasteiger partial charge in [0.2, 0.25) is 5.95 Å². The molecule has 1 heterocycles. The number of imidazole rings is 1. The molecule has 0 aliphatic rings. The predicted molar refractivity (Wildman–Crippen MR) is 99.0 cm³/mol. The first kappa shape index (κ1) is 16.1. The lowest BCUT2D eigenvalue weighted by Gasteiger charge is -2.08. The van der Waals surface area contributed by atoms with Crippen molar-refractivity contribution in [1.29, 1.82) is 0 Å². The second kappa shape index (κ2) is 6.05. The van der Waals surface area contributed by atoms with Gasteiger partial charge in [0, 0.05) is 30.5 Å². The van der Waals surface area contributed by atoms with E-state index in [2.05, 4.69) is 15.3 Å². The summed E-state index contributed by atoms with van der Waals surface area (Å²) >= 11 is 6.11. The number of halogens is 1. The second-order valence-electron chi connectivity index (χ2n) is 5.84. The maximum absolute atomic E-state index is 12.7. The number of anilines is 3. The minimum Gasteiger partial charge on any atom is -0.399 e. The van der Waals surface area contributed by atoms with E-state index in [1.54, 1.807) is 24.3 Å². The van der Waals surface area contributed by atoms with Gasteiger partial charge in [0.1, 0.15) is 5.52 Å². The normalized spacial score (nSPS) is 10.8. The van der Waals surface area contributed by atoms with Gasteiger partial charge >= 0.3 is 0 Å². The van der Waals surface area contributed by atoms with Crippen molar-refractivity contribution < 1.29 is 4.79 Å². The molecule has 124 valence electrons. The minimum absolute atomic E-state index is 0.288. The Labute approximate surface area is 144 Å². The first-order valence-electron chi connectivity index (χ1n) is 7.39. The molecule has 24 heavy (non-hydrogen) atoms. The van der Waals surface area contributed by atoms with E-state index in [1.165, 1.54) is 0 Å². The van der Waals surface area contributed by atoms with Crippen LogP contribution in [0.4, 0.5) is 17.3 Å². The van der Waals surface area contributed by atoms with E-state index in [-0.39, 0.29) is 5.91 Å². The number of benzene rings is 2. The van der Waals surface area contributed by atoms with E-state index in [0.29, 0.717) is 38.9 Å². The molecule has 0 unspecified atom stereocenters. The minimum atomic E-state index is -0.288.